The Bertz CT molecular complexity index is 594. The molecule has 0 saturated carbocycles. The number of ether oxygens (including phenoxy) is 4. The lowest BCUT2D eigenvalue weighted by atomic mass is 10.1. The second-order valence-electron chi connectivity index (χ2n) is 5.85. The molecule has 26 heavy (non-hydrogen) atoms. The van der Waals surface area contributed by atoms with Gasteiger partial charge in [-0.25, -0.2) is 4.79 Å². The molecule has 0 amide bonds. The highest BCUT2D eigenvalue weighted by molar-refractivity contribution is 5.90. The molecule has 0 aliphatic carbocycles. The number of methoxy groups -OCH3 is 3. The molecule has 0 heterocycles. The molecule has 0 aromatic heterocycles. The van der Waals surface area contributed by atoms with Gasteiger partial charge < -0.3 is 24.1 Å². The van der Waals surface area contributed by atoms with Crippen LogP contribution in [0.25, 0.3) is 6.08 Å². The van der Waals surface area contributed by atoms with E-state index >= 15 is 0 Å². The minimum absolute atomic E-state index is 0.121. The summed E-state index contributed by atoms with van der Waals surface area (Å²) in [5, 5.41) is 9.41. The van der Waals surface area contributed by atoms with Crippen LogP contribution >= 0.6 is 0 Å². The van der Waals surface area contributed by atoms with Gasteiger partial charge in [-0.2, -0.15) is 0 Å². The minimum atomic E-state index is -1.12. The van der Waals surface area contributed by atoms with Gasteiger partial charge in [0.05, 0.1) is 27.9 Å². The van der Waals surface area contributed by atoms with Gasteiger partial charge in [0.1, 0.15) is 0 Å². The van der Waals surface area contributed by atoms with Gasteiger partial charge >= 0.3 is 5.97 Å². The zero-order valence-corrected chi connectivity index (χ0v) is 16.2. The topological polar surface area (TPSA) is 74.2 Å². The van der Waals surface area contributed by atoms with Crippen LogP contribution in [0.3, 0.4) is 0 Å². The molecule has 1 N–H and O–H groups in total. The summed E-state index contributed by atoms with van der Waals surface area (Å²) in [6, 6.07) is 3.40. The maximum atomic E-state index is 11.5. The van der Waals surface area contributed by atoms with Crippen molar-refractivity contribution in [2.45, 2.75) is 45.4 Å². The van der Waals surface area contributed by atoms with Crippen molar-refractivity contribution in [1.82, 2.24) is 0 Å². The highest BCUT2D eigenvalue weighted by Gasteiger charge is 2.17. The minimum Gasteiger partial charge on any atom is -0.493 e. The van der Waals surface area contributed by atoms with Crippen LogP contribution < -0.4 is 14.2 Å². The standard InChI is InChI=1S/C20H30O6/c1-5-6-7-8-9-10-13-26-17(20(21)22)14-15-11-12-16(23-2)19(25-4)18(15)24-3/h11-12,14H,5-10,13H2,1-4H3,(H,21,22). The molecule has 1 rings (SSSR count). The number of unbranched alkanes of at least 4 members (excludes halogenated alkanes) is 5. The van der Waals surface area contributed by atoms with Crippen LogP contribution in [0.4, 0.5) is 0 Å². The quantitative estimate of drug-likeness (QED) is 0.314. The zero-order chi connectivity index (χ0) is 19.4. The van der Waals surface area contributed by atoms with Crippen LogP contribution in [0, 0.1) is 0 Å². The fourth-order valence-electron chi connectivity index (χ4n) is 2.61. The summed E-state index contributed by atoms with van der Waals surface area (Å²) in [4.78, 5) is 11.5. The van der Waals surface area contributed by atoms with Gasteiger partial charge in [-0.3, -0.25) is 0 Å². The molecule has 0 bridgehead atoms. The monoisotopic (exact) mass is 366 g/mol. The first-order valence-corrected chi connectivity index (χ1v) is 8.95. The number of hydrogen-bond donors (Lipinski definition) is 1. The number of carbonyl (C=O) groups is 1. The Morgan fingerprint density at radius 1 is 0.962 bits per heavy atom. The van der Waals surface area contributed by atoms with Gasteiger partial charge in [0.15, 0.2) is 11.5 Å². The lowest BCUT2D eigenvalue weighted by molar-refractivity contribution is -0.136. The molecule has 0 spiro atoms. The average molecular weight is 366 g/mol. The SMILES string of the molecule is CCCCCCCCOC(=Cc1ccc(OC)c(OC)c1OC)C(=O)O. The van der Waals surface area contributed by atoms with E-state index in [9.17, 15) is 9.90 Å². The van der Waals surface area contributed by atoms with Crippen molar-refractivity contribution in [2.24, 2.45) is 0 Å². The number of carboxylic acids is 1. The van der Waals surface area contributed by atoms with Crippen molar-refractivity contribution in [2.75, 3.05) is 27.9 Å². The van der Waals surface area contributed by atoms with Crippen molar-refractivity contribution in [3.05, 3.63) is 23.5 Å². The molecule has 1 aromatic rings. The van der Waals surface area contributed by atoms with E-state index < -0.39 is 5.97 Å². The largest absolute Gasteiger partial charge is 0.493 e. The van der Waals surface area contributed by atoms with Crippen molar-refractivity contribution >= 4 is 12.0 Å². The van der Waals surface area contributed by atoms with Gasteiger partial charge in [0.25, 0.3) is 0 Å². The first kappa shape index (κ1) is 21.7. The lowest BCUT2D eigenvalue weighted by Gasteiger charge is -2.14. The Morgan fingerprint density at radius 2 is 1.62 bits per heavy atom. The summed E-state index contributed by atoms with van der Waals surface area (Å²) >= 11 is 0. The summed E-state index contributed by atoms with van der Waals surface area (Å²) < 4.78 is 21.4. The molecule has 0 saturated heterocycles. The third-order valence-corrected chi connectivity index (χ3v) is 3.99. The van der Waals surface area contributed by atoms with E-state index in [1.165, 1.54) is 46.7 Å². The Morgan fingerprint density at radius 3 is 2.19 bits per heavy atom. The molecule has 0 aliphatic heterocycles. The molecule has 0 unspecified atom stereocenters. The molecule has 1 aromatic carbocycles. The number of rotatable bonds is 13. The van der Waals surface area contributed by atoms with Gasteiger partial charge in [-0.1, -0.05) is 39.0 Å². The van der Waals surface area contributed by atoms with Crippen LogP contribution in [0.1, 0.15) is 51.0 Å². The Balaban J connectivity index is 2.83. The number of hydrogen-bond acceptors (Lipinski definition) is 5. The first-order chi connectivity index (χ1) is 12.6. The predicted molar refractivity (Wildman–Crippen MR) is 101 cm³/mol. The molecule has 6 nitrogen and oxygen atoms in total. The fraction of sp³-hybridized carbons (Fsp3) is 0.550. The second-order valence-corrected chi connectivity index (χ2v) is 5.85. The fourth-order valence-corrected chi connectivity index (χ4v) is 2.61. The smallest absolute Gasteiger partial charge is 0.371 e. The van der Waals surface area contributed by atoms with E-state index in [1.807, 2.05) is 0 Å². The van der Waals surface area contributed by atoms with Crippen molar-refractivity contribution < 1.29 is 28.8 Å². The molecule has 0 aliphatic rings. The van der Waals surface area contributed by atoms with Crippen LogP contribution in [0.2, 0.25) is 0 Å². The Labute approximate surface area is 155 Å². The lowest BCUT2D eigenvalue weighted by Crippen LogP contribution is -2.06. The maximum Gasteiger partial charge on any atom is 0.371 e. The number of benzene rings is 1. The van der Waals surface area contributed by atoms with E-state index in [-0.39, 0.29) is 5.76 Å². The molecular formula is C20H30O6. The van der Waals surface area contributed by atoms with Crippen LogP contribution in [0.15, 0.2) is 17.9 Å². The summed E-state index contributed by atoms with van der Waals surface area (Å²) in [5.41, 5.74) is 0.547. The second kappa shape index (κ2) is 12.1. The molecule has 146 valence electrons. The summed E-state index contributed by atoms with van der Waals surface area (Å²) in [6.07, 6.45) is 8.10. The third-order valence-electron chi connectivity index (χ3n) is 3.99. The van der Waals surface area contributed by atoms with E-state index in [2.05, 4.69) is 6.92 Å². The molecular weight excluding hydrogens is 336 g/mol. The molecule has 0 atom stereocenters. The van der Waals surface area contributed by atoms with E-state index in [0.717, 1.165) is 19.3 Å². The summed E-state index contributed by atoms with van der Waals surface area (Å²) in [5.74, 6) is 0.0708. The van der Waals surface area contributed by atoms with Gasteiger partial charge in [-0.05, 0) is 24.6 Å². The molecule has 6 heteroatoms. The van der Waals surface area contributed by atoms with Crippen molar-refractivity contribution in [3.63, 3.8) is 0 Å². The van der Waals surface area contributed by atoms with Crippen molar-refractivity contribution in [3.8, 4) is 17.2 Å². The van der Waals surface area contributed by atoms with Crippen LogP contribution in [0.5, 0.6) is 17.2 Å². The van der Waals surface area contributed by atoms with Crippen molar-refractivity contribution in [1.29, 1.82) is 0 Å². The van der Waals surface area contributed by atoms with E-state index in [1.54, 1.807) is 12.1 Å². The maximum absolute atomic E-state index is 11.5. The number of carboxylic acid groups (broad SMARTS) is 1. The van der Waals surface area contributed by atoms with E-state index in [4.69, 9.17) is 18.9 Å². The first-order valence-electron chi connectivity index (χ1n) is 8.95. The average Bonchev–Trinajstić information content (AvgIpc) is 2.65. The van der Waals surface area contributed by atoms with Gasteiger partial charge in [-0.15, -0.1) is 0 Å². The molecule has 0 radical (unpaired) electrons. The van der Waals surface area contributed by atoms with Crippen LogP contribution in [-0.2, 0) is 9.53 Å². The Kier molecular flexibility index (Phi) is 10.1. The third kappa shape index (κ3) is 6.50. The highest BCUT2D eigenvalue weighted by Crippen LogP contribution is 2.40. The highest BCUT2D eigenvalue weighted by atomic mass is 16.5. The van der Waals surface area contributed by atoms with Gasteiger partial charge in [0, 0.05) is 5.56 Å². The normalized spacial score (nSPS) is 11.2. The summed E-state index contributed by atoms with van der Waals surface area (Å²) in [6.45, 7) is 2.55. The van der Waals surface area contributed by atoms with Gasteiger partial charge in [0.2, 0.25) is 11.5 Å². The predicted octanol–water partition coefficient (Wildman–Crippen LogP) is 4.52. The molecule has 0 fully saturated rings. The van der Waals surface area contributed by atoms with E-state index in [0.29, 0.717) is 29.4 Å². The zero-order valence-electron chi connectivity index (χ0n) is 16.2. The Hall–Kier alpha value is -2.37. The van der Waals surface area contributed by atoms with Crippen LogP contribution in [-0.4, -0.2) is 39.0 Å². The number of aliphatic carboxylic acids is 1. The summed E-state index contributed by atoms with van der Waals surface area (Å²) in [7, 11) is 4.52.